The van der Waals surface area contributed by atoms with Crippen LogP contribution in [0.2, 0.25) is 0 Å². The minimum absolute atomic E-state index is 0. The molecule has 0 N–H and O–H groups in total. The summed E-state index contributed by atoms with van der Waals surface area (Å²) in [6.07, 6.45) is 1.91. The summed E-state index contributed by atoms with van der Waals surface area (Å²) in [5.41, 5.74) is 9.78. The predicted molar refractivity (Wildman–Crippen MR) is 176 cm³/mol. The largest absolute Gasteiger partial charge is 0.673 e. The highest BCUT2D eigenvalue weighted by atomic mass is 127. The average Bonchev–Trinajstić information content (AvgIpc) is 3.25. The lowest BCUT2D eigenvalue weighted by atomic mass is 9.88. The topological polar surface area (TPSA) is 27.1 Å². The molecule has 0 fully saturated rings. The second kappa shape index (κ2) is 13.2. The highest BCUT2D eigenvalue weighted by Crippen LogP contribution is 2.37. The Hall–Kier alpha value is -3.86. The second-order valence-corrected chi connectivity index (χ2v) is 12.1. The highest BCUT2D eigenvalue weighted by Gasteiger charge is 2.21. The van der Waals surface area contributed by atoms with Crippen molar-refractivity contribution in [1.29, 1.82) is 0 Å². The van der Waals surface area contributed by atoms with Crippen LogP contribution in [0.4, 0.5) is 17.3 Å². The van der Waals surface area contributed by atoms with Crippen molar-refractivity contribution in [2.75, 3.05) is 0 Å². The van der Waals surface area contributed by atoms with Gasteiger partial charge in [0, 0.05) is 23.0 Å². The van der Waals surface area contributed by atoms with Crippen LogP contribution in [0.5, 0.6) is 11.5 Å². The predicted octanol–water partition coefficient (Wildman–Crippen LogP) is 7.63. The van der Waals surface area contributed by atoms with E-state index in [9.17, 15) is 17.3 Å². The molecule has 0 radical (unpaired) electrons. The van der Waals surface area contributed by atoms with Gasteiger partial charge >= 0.3 is 7.25 Å². The first-order chi connectivity index (χ1) is 20.7. The van der Waals surface area contributed by atoms with Gasteiger partial charge in [-0.15, -0.1) is 0 Å². The maximum absolute atomic E-state index is 9.75. The van der Waals surface area contributed by atoms with Crippen LogP contribution < -0.4 is 28.7 Å². The maximum atomic E-state index is 9.75. The number of fused-ring (bicyclic) bond motifs is 3. The van der Waals surface area contributed by atoms with E-state index in [0.717, 1.165) is 28.4 Å². The van der Waals surface area contributed by atoms with Crippen molar-refractivity contribution in [3.8, 4) is 28.4 Å². The minimum Gasteiger partial charge on any atom is -0.457 e. The smallest absolute Gasteiger partial charge is 0.457 e. The molecule has 0 spiro atoms. The lowest BCUT2D eigenvalue weighted by molar-refractivity contribution is -0.0000155. The number of aromatic nitrogens is 2. The van der Waals surface area contributed by atoms with Gasteiger partial charge in [-0.05, 0) is 96.5 Å². The van der Waals surface area contributed by atoms with Gasteiger partial charge in [0.15, 0.2) is 0 Å². The number of nitrogens with zero attached hydrogens (tertiary/aromatic N) is 2. The standard InChI is InChI=1S/C36H34N2O.BF4.H2I/c1-23-18-24(2)35(25(3)19-23)26-10-9-11-28(20-26)39-29-14-15-31-30-12-7-8-13-32(30)38(33(31)22-29)34-21-27(16-17-37-34)36(4,5)6;2-1(3,4)5;/h7-22H,1-6H3;;1H2/q;-1;+1. The number of pyridine rings is 1. The first-order valence-electron chi connectivity index (χ1n) is 14.4. The van der Waals surface area contributed by atoms with Crippen LogP contribution in [0.25, 0.3) is 38.8 Å². The Morgan fingerprint density at radius 3 is 1.98 bits per heavy atom. The summed E-state index contributed by atoms with van der Waals surface area (Å²) in [6, 6.07) is 32.1. The van der Waals surface area contributed by atoms with Crippen LogP contribution in [-0.2, 0) is 5.41 Å². The van der Waals surface area contributed by atoms with Gasteiger partial charge in [0.2, 0.25) is 24.0 Å². The molecule has 45 heavy (non-hydrogen) atoms. The normalized spacial score (nSPS) is 11.6. The zero-order chi connectivity index (χ0) is 31.8. The molecule has 234 valence electrons. The fourth-order valence-corrected chi connectivity index (χ4v) is 5.75. The number of halogens is 5. The number of para-hydroxylation sites is 1. The van der Waals surface area contributed by atoms with Gasteiger partial charge < -0.3 is 22.0 Å². The molecular formula is C36H36BF4IN2O. The Bertz CT molecular complexity index is 1950. The fourth-order valence-electron chi connectivity index (χ4n) is 5.75. The summed E-state index contributed by atoms with van der Waals surface area (Å²) < 4.78 is 47.7. The Balaban J connectivity index is 0.000000714. The van der Waals surface area contributed by atoms with E-state index in [-0.39, 0.29) is 29.4 Å². The Kier molecular flexibility index (Phi) is 10.0. The molecule has 2 heterocycles. The van der Waals surface area contributed by atoms with Gasteiger partial charge in [0.05, 0.1) is 11.0 Å². The van der Waals surface area contributed by atoms with Gasteiger partial charge in [-0.25, -0.2) is 4.98 Å². The molecule has 6 rings (SSSR count). The van der Waals surface area contributed by atoms with Crippen LogP contribution in [0.3, 0.4) is 0 Å². The molecule has 6 aromatic rings. The van der Waals surface area contributed by atoms with Gasteiger partial charge in [-0.1, -0.05) is 68.8 Å². The summed E-state index contributed by atoms with van der Waals surface area (Å²) in [5, 5.41) is 2.38. The number of hydrogen-bond donors (Lipinski definition) is 0. The lowest BCUT2D eigenvalue weighted by Crippen LogP contribution is -3.00. The van der Waals surface area contributed by atoms with Crippen molar-refractivity contribution in [2.45, 2.75) is 47.0 Å². The molecule has 0 atom stereocenters. The highest BCUT2D eigenvalue weighted by molar-refractivity contribution is 6.50. The van der Waals surface area contributed by atoms with Crippen LogP contribution >= 0.6 is 0 Å². The Morgan fingerprint density at radius 2 is 1.31 bits per heavy atom. The molecule has 4 aromatic carbocycles. The summed E-state index contributed by atoms with van der Waals surface area (Å²) >= 11 is 0. The van der Waals surface area contributed by atoms with E-state index in [2.05, 4.69) is 131 Å². The number of aryl methyl sites for hydroxylation is 3. The fraction of sp³-hybridized carbons (Fsp3) is 0.194. The average molecular weight is 726 g/mol. The van der Waals surface area contributed by atoms with Gasteiger partial charge in [0.25, 0.3) is 0 Å². The third kappa shape index (κ3) is 7.87. The first-order valence-corrected chi connectivity index (χ1v) is 14.4. The number of hydrogen-bond acceptors (Lipinski definition) is 2. The SMILES string of the molecule is Cc1cc(C)c(-c2cccc(Oc3ccc4c5ccccc5n(-c5cc(C(C)(C)C)ccn5)c4c3)c2)c(C)c1.F[B-](F)(F)F.[IH2+]. The van der Waals surface area contributed by atoms with E-state index in [1.54, 1.807) is 0 Å². The van der Waals surface area contributed by atoms with Crippen LogP contribution in [0.1, 0.15) is 43.0 Å². The Labute approximate surface area is 278 Å². The third-order valence-electron chi connectivity index (χ3n) is 7.52. The second-order valence-electron chi connectivity index (χ2n) is 12.1. The van der Waals surface area contributed by atoms with E-state index in [0.29, 0.717) is 0 Å². The van der Waals surface area contributed by atoms with Crippen molar-refractivity contribution >= 4 is 29.1 Å². The van der Waals surface area contributed by atoms with Crippen molar-refractivity contribution in [1.82, 2.24) is 9.55 Å². The van der Waals surface area contributed by atoms with E-state index in [4.69, 9.17) is 9.72 Å². The van der Waals surface area contributed by atoms with Gasteiger partial charge in [-0.2, -0.15) is 0 Å². The molecule has 0 aliphatic carbocycles. The molecule has 9 heteroatoms. The molecule has 0 saturated carbocycles. The first kappa shape index (κ1) is 34.0. The van der Waals surface area contributed by atoms with E-state index < -0.39 is 7.25 Å². The Morgan fingerprint density at radius 1 is 0.689 bits per heavy atom. The van der Waals surface area contributed by atoms with Crippen LogP contribution in [-0.4, -0.2) is 16.8 Å². The molecule has 0 bridgehead atoms. The zero-order valence-corrected chi connectivity index (χ0v) is 28.6. The monoisotopic (exact) mass is 726 g/mol. The molecular weight excluding hydrogens is 690 g/mol. The van der Waals surface area contributed by atoms with Crippen molar-refractivity contribution < 1.29 is 46.0 Å². The van der Waals surface area contributed by atoms with Crippen molar-refractivity contribution in [2.24, 2.45) is 0 Å². The van der Waals surface area contributed by atoms with Crippen LogP contribution in [0.15, 0.2) is 97.2 Å². The van der Waals surface area contributed by atoms with Gasteiger partial charge in [0.1, 0.15) is 17.3 Å². The molecule has 0 unspecified atom stereocenters. The minimum atomic E-state index is -6.00. The van der Waals surface area contributed by atoms with Gasteiger partial charge in [-0.3, -0.25) is 4.57 Å². The van der Waals surface area contributed by atoms with E-state index in [1.807, 2.05) is 12.3 Å². The zero-order valence-electron chi connectivity index (χ0n) is 26.1. The van der Waals surface area contributed by atoms with E-state index >= 15 is 0 Å². The quantitative estimate of drug-likeness (QED) is 0.106. The molecule has 0 amide bonds. The van der Waals surface area contributed by atoms with Crippen molar-refractivity contribution in [3.05, 3.63) is 119 Å². The molecule has 0 aliphatic heterocycles. The van der Waals surface area contributed by atoms with Crippen molar-refractivity contribution in [3.63, 3.8) is 0 Å². The summed E-state index contributed by atoms with van der Waals surface area (Å²) in [4.78, 5) is 4.80. The summed E-state index contributed by atoms with van der Waals surface area (Å²) in [5.74, 6) is 2.54. The van der Waals surface area contributed by atoms with Crippen LogP contribution in [0, 0.1) is 20.8 Å². The molecule has 0 aliphatic rings. The molecule has 3 nitrogen and oxygen atoms in total. The van der Waals surface area contributed by atoms with E-state index in [1.165, 1.54) is 44.2 Å². The summed E-state index contributed by atoms with van der Waals surface area (Å²) in [6.45, 7) is 13.2. The molecule has 0 saturated heterocycles. The number of benzene rings is 4. The number of ether oxygens (including phenoxy) is 1. The lowest BCUT2D eigenvalue weighted by Gasteiger charge is -2.20. The number of rotatable bonds is 4. The summed E-state index contributed by atoms with van der Waals surface area (Å²) in [7, 11) is -6.00. The maximum Gasteiger partial charge on any atom is 0.673 e. The molecule has 2 aromatic heterocycles. The third-order valence-corrected chi connectivity index (χ3v) is 7.52.